The van der Waals surface area contributed by atoms with Gasteiger partial charge in [-0.3, -0.25) is 0 Å². The van der Waals surface area contributed by atoms with E-state index in [-0.39, 0.29) is 24.0 Å². The summed E-state index contributed by atoms with van der Waals surface area (Å²) in [6.45, 7) is 12.5. The normalized spacial score (nSPS) is 11.0. The Hall–Kier alpha value is 0.650. The summed E-state index contributed by atoms with van der Waals surface area (Å²) in [6.07, 6.45) is 0. The van der Waals surface area contributed by atoms with Crippen LogP contribution in [0.3, 0.4) is 0 Å². The quantitative estimate of drug-likeness (QED) is 0.427. The van der Waals surface area contributed by atoms with Gasteiger partial charge in [-0.25, -0.2) is 0 Å². The molecule has 0 saturated heterocycles. The van der Waals surface area contributed by atoms with Gasteiger partial charge in [-0.1, -0.05) is 0 Å². The summed E-state index contributed by atoms with van der Waals surface area (Å²) in [6, 6.07) is 0. The van der Waals surface area contributed by atoms with Gasteiger partial charge in [0.2, 0.25) is 0 Å². The maximum absolute atomic E-state index is 5.09. The van der Waals surface area contributed by atoms with Crippen molar-refractivity contribution in [2.75, 3.05) is 39.9 Å². The van der Waals surface area contributed by atoms with Crippen LogP contribution in [0.15, 0.2) is 0 Å². The van der Waals surface area contributed by atoms with E-state index < -0.39 is 0 Å². The Bertz CT molecular complexity index is 86.3. The van der Waals surface area contributed by atoms with Gasteiger partial charge in [0.05, 0.1) is 26.2 Å². The van der Waals surface area contributed by atoms with Gasteiger partial charge >= 0.3 is 0 Å². The second-order valence-electron chi connectivity index (χ2n) is 3.01. The third-order valence-corrected chi connectivity index (χ3v) is 2.78. The van der Waals surface area contributed by atoms with Crippen molar-refractivity contribution in [2.24, 2.45) is 0 Å². The lowest BCUT2D eigenvalue weighted by molar-refractivity contribution is -0.923. The average molecular weight is 287 g/mol. The summed E-state index contributed by atoms with van der Waals surface area (Å²) in [5, 5.41) is 0. The number of rotatable bonds is 6. The average Bonchev–Trinajstić information content (AvgIpc) is 2.08. The lowest BCUT2D eigenvalue weighted by Gasteiger charge is -2.35. The monoisotopic (exact) mass is 287 g/mol. The molecule has 0 unspecified atom stereocenters. The molecule has 0 spiro atoms. The van der Waals surface area contributed by atoms with Crippen molar-refractivity contribution >= 4 is 0 Å². The largest absolute Gasteiger partial charge is 1.00 e. The third kappa shape index (κ3) is 4.62. The topological polar surface area (TPSA) is 9.23 Å². The van der Waals surface area contributed by atoms with Crippen LogP contribution in [0.2, 0.25) is 0 Å². The van der Waals surface area contributed by atoms with E-state index in [0.29, 0.717) is 0 Å². The van der Waals surface area contributed by atoms with E-state index in [1.54, 1.807) is 7.11 Å². The van der Waals surface area contributed by atoms with E-state index in [2.05, 4.69) is 20.8 Å². The molecule has 0 aliphatic heterocycles. The molecule has 3 heteroatoms. The van der Waals surface area contributed by atoms with Gasteiger partial charge in [0.25, 0.3) is 0 Å². The number of hydrogen-bond acceptors (Lipinski definition) is 1. The van der Waals surface area contributed by atoms with Crippen LogP contribution in [0, 0.1) is 0 Å². The molecule has 0 aliphatic carbocycles. The van der Waals surface area contributed by atoms with E-state index in [0.717, 1.165) is 13.2 Å². The van der Waals surface area contributed by atoms with Crippen molar-refractivity contribution in [3.8, 4) is 0 Å². The number of hydrogen-bond donors (Lipinski definition) is 0. The summed E-state index contributed by atoms with van der Waals surface area (Å²) < 4.78 is 6.28. The first-order chi connectivity index (χ1) is 5.24. The molecule has 2 nitrogen and oxygen atoms in total. The van der Waals surface area contributed by atoms with Crippen molar-refractivity contribution in [1.82, 2.24) is 0 Å². The van der Waals surface area contributed by atoms with Crippen LogP contribution in [-0.2, 0) is 4.74 Å². The zero-order valence-electron chi connectivity index (χ0n) is 8.77. The Morgan fingerprint density at radius 2 is 1.42 bits per heavy atom. The molecule has 0 amide bonds. The molecule has 0 N–H and O–H groups in total. The summed E-state index contributed by atoms with van der Waals surface area (Å²) in [7, 11) is 1.77. The fourth-order valence-corrected chi connectivity index (χ4v) is 1.43. The highest BCUT2D eigenvalue weighted by Gasteiger charge is 2.19. The van der Waals surface area contributed by atoms with E-state index in [1.807, 2.05) is 0 Å². The lowest BCUT2D eigenvalue weighted by atomic mass is 10.3. The summed E-state index contributed by atoms with van der Waals surface area (Å²) in [4.78, 5) is 0. The van der Waals surface area contributed by atoms with Crippen molar-refractivity contribution < 1.29 is 33.2 Å². The Morgan fingerprint density at radius 3 is 1.67 bits per heavy atom. The Kier molecular flexibility index (Phi) is 10.4. The molecule has 76 valence electrons. The molecule has 0 saturated carbocycles. The fraction of sp³-hybridized carbons (Fsp3) is 1.00. The van der Waals surface area contributed by atoms with Gasteiger partial charge < -0.3 is 33.2 Å². The molecule has 0 rings (SSSR count). The van der Waals surface area contributed by atoms with Gasteiger partial charge in [0.1, 0.15) is 6.54 Å². The minimum Gasteiger partial charge on any atom is -1.00 e. The summed E-state index contributed by atoms with van der Waals surface area (Å²) >= 11 is 0. The second-order valence-corrected chi connectivity index (χ2v) is 3.01. The number of nitrogens with zero attached hydrogens (tertiary/aromatic N) is 1. The minimum absolute atomic E-state index is 0. The Morgan fingerprint density at radius 1 is 1.00 bits per heavy atom. The molecule has 0 aromatic carbocycles. The molecule has 12 heavy (non-hydrogen) atoms. The van der Waals surface area contributed by atoms with Crippen LogP contribution in [0.1, 0.15) is 20.8 Å². The predicted molar refractivity (Wildman–Crippen MR) is 48.6 cm³/mol. The van der Waals surface area contributed by atoms with E-state index in [4.69, 9.17) is 4.74 Å². The van der Waals surface area contributed by atoms with Crippen molar-refractivity contribution in [2.45, 2.75) is 20.8 Å². The maximum atomic E-state index is 5.09. The summed E-state index contributed by atoms with van der Waals surface area (Å²) in [5.74, 6) is 0. The van der Waals surface area contributed by atoms with Crippen molar-refractivity contribution in [1.29, 1.82) is 0 Å². The van der Waals surface area contributed by atoms with Crippen molar-refractivity contribution in [3.63, 3.8) is 0 Å². The molecule has 0 bridgehead atoms. The van der Waals surface area contributed by atoms with Crippen LogP contribution in [0.5, 0.6) is 0 Å². The van der Waals surface area contributed by atoms with Crippen LogP contribution in [0.25, 0.3) is 0 Å². The highest BCUT2D eigenvalue weighted by Crippen LogP contribution is 2.04. The molecular weight excluding hydrogens is 265 g/mol. The van der Waals surface area contributed by atoms with E-state index in [9.17, 15) is 0 Å². The molecule has 0 atom stereocenters. The zero-order chi connectivity index (χ0) is 8.74. The van der Waals surface area contributed by atoms with Gasteiger partial charge in [-0.15, -0.1) is 0 Å². The van der Waals surface area contributed by atoms with E-state index in [1.165, 1.54) is 24.1 Å². The molecule has 0 fully saturated rings. The van der Waals surface area contributed by atoms with Gasteiger partial charge in [0, 0.05) is 7.11 Å². The number of ether oxygens (including phenoxy) is 1. The van der Waals surface area contributed by atoms with E-state index >= 15 is 0 Å². The number of methoxy groups -OCH3 is 1. The molecule has 0 radical (unpaired) electrons. The van der Waals surface area contributed by atoms with Crippen LogP contribution in [0.4, 0.5) is 0 Å². The highest BCUT2D eigenvalue weighted by atomic mass is 127. The second kappa shape index (κ2) is 8.26. The molecular formula is C9H22INO. The van der Waals surface area contributed by atoms with Gasteiger partial charge in [0.15, 0.2) is 0 Å². The Labute approximate surface area is 93.9 Å². The zero-order valence-corrected chi connectivity index (χ0v) is 10.9. The predicted octanol–water partition coefficient (Wildman–Crippen LogP) is -1.49. The number of likely N-dealkylation sites (N-methyl/N-ethyl adjacent to an activating group) is 1. The molecule has 0 heterocycles. The maximum Gasteiger partial charge on any atom is 0.102 e. The third-order valence-electron chi connectivity index (χ3n) is 2.78. The highest BCUT2D eigenvalue weighted by molar-refractivity contribution is 4.36. The standard InChI is InChI=1S/C9H22NO.HI/c1-5-10(6-2,7-3)8-9-11-4;/h5-9H2,1-4H3;1H/q+1;/p-1. The first-order valence-electron chi connectivity index (χ1n) is 4.58. The van der Waals surface area contributed by atoms with Crippen LogP contribution in [-0.4, -0.2) is 44.4 Å². The SMILES string of the molecule is CC[N+](CC)(CC)CCOC.[I-]. The summed E-state index contributed by atoms with van der Waals surface area (Å²) in [5.41, 5.74) is 0. The van der Waals surface area contributed by atoms with Gasteiger partial charge in [-0.2, -0.15) is 0 Å². The fourth-order valence-electron chi connectivity index (χ4n) is 1.43. The first kappa shape index (κ1) is 15.1. The van der Waals surface area contributed by atoms with Crippen molar-refractivity contribution in [3.05, 3.63) is 0 Å². The smallest absolute Gasteiger partial charge is 0.102 e. The first-order valence-corrected chi connectivity index (χ1v) is 4.58. The number of quaternary nitrogens is 1. The van der Waals surface area contributed by atoms with Gasteiger partial charge in [-0.05, 0) is 20.8 Å². The lowest BCUT2D eigenvalue weighted by Crippen LogP contribution is -3.00. The molecule has 0 aromatic heterocycles. The van der Waals surface area contributed by atoms with Crippen LogP contribution >= 0.6 is 0 Å². The molecule has 0 aliphatic rings. The molecule has 0 aromatic rings. The Balaban J connectivity index is 0. The van der Waals surface area contributed by atoms with Crippen LogP contribution < -0.4 is 24.0 Å². The minimum atomic E-state index is 0. The number of halogens is 1.